The maximum atomic E-state index is 12.6. The van der Waals surface area contributed by atoms with Crippen molar-refractivity contribution < 1.29 is 28.6 Å². The largest absolute Gasteiger partial charge is 0.465 e. The van der Waals surface area contributed by atoms with E-state index in [0.29, 0.717) is 19.3 Å². The lowest BCUT2D eigenvalue weighted by Crippen LogP contribution is -2.26. The van der Waals surface area contributed by atoms with Gasteiger partial charge in [0.15, 0.2) is 0 Å². The average molecular weight is 821 g/mol. The maximum Gasteiger partial charge on any atom is 0.305 e. The monoisotopic (exact) mass is 821 g/mol. The van der Waals surface area contributed by atoms with Crippen molar-refractivity contribution in [2.24, 2.45) is 5.92 Å². The number of hydrogen-bond donors (Lipinski definition) is 0. The molecule has 0 unspecified atom stereocenters. The Bertz CT molecular complexity index is 749. The van der Waals surface area contributed by atoms with Gasteiger partial charge in [0.2, 0.25) is 0 Å². The summed E-state index contributed by atoms with van der Waals surface area (Å²) >= 11 is 0. The SMILES string of the molecule is CCCCCCCCCCCCCCCC(=O)OCC(COC(=O)CCCCCCCCCCCCCCC)COC(=O)CCCCCCCCCCCCCCC. The Morgan fingerprint density at radius 1 is 0.259 bits per heavy atom. The summed E-state index contributed by atoms with van der Waals surface area (Å²) in [6.07, 6.45) is 50.6. The van der Waals surface area contributed by atoms with Gasteiger partial charge in [-0.2, -0.15) is 0 Å². The Balaban J connectivity index is 4.30. The Morgan fingerprint density at radius 3 is 0.586 bits per heavy atom. The van der Waals surface area contributed by atoms with E-state index in [0.717, 1.165) is 57.8 Å². The molecule has 0 aliphatic rings. The average Bonchev–Trinajstić information content (AvgIpc) is 3.22. The van der Waals surface area contributed by atoms with E-state index in [9.17, 15) is 14.4 Å². The van der Waals surface area contributed by atoms with Gasteiger partial charge in [0.05, 0.1) is 5.92 Å². The molecule has 344 valence electrons. The van der Waals surface area contributed by atoms with Gasteiger partial charge in [-0.15, -0.1) is 0 Å². The van der Waals surface area contributed by atoms with Gasteiger partial charge >= 0.3 is 17.9 Å². The first kappa shape index (κ1) is 56.4. The number of rotatable bonds is 48. The molecule has 0 aromatic carbocycles. The van der Waals surface area contributed by atoms with Crippen molar-refractivity contribution in [3.63, 3.8) is 0 Å². The van der Waals surface area contributed by atoms with E-state index in [4.69, 9.17) is 14.2 Å². The van der Waals surface area contributed by atoms with Gasteiger partial charge in [0, 0.05) is 19.3 Å². The van der Waals surface area contributed by atoms with E-state index in [1.54, 1.807) is 0 Å². The molecule has 6 nitrogen and oxygen atoms in total. The molecule has 0 N–H and O–H groups in total. The van der Waals surface area contributed by atoms with Crippen LogP contribution in [-0.4, -0.2) is 37.7 Å². The van der Waals surface area contributed by atoms with Gasteiger partial charge in [0.1, 0.15) is 19.8 Å². The molecule has 0 radical (unpaired) electrons. The normalized spacial score (nSPS) is 11.4. The second-order valence-electron chi connectivity index (χ2n) is 17.9. The van der Waals surface area contributed by atoms with Gasteiger partial charge in [-0.25, -0.2) is 0 Å². The Kier molecular flexibility index (Phi) is 46.8. The van der Waals surface area contributed by atoms with Crippen LogP contribution in [0, 0.1) is 5.92 Å². The van der Waals surface area contributed by atoms with Crippen molar-refractivity contribution in [3.05, 3.63) is 0 Å². The highest BCUT2D eigenvalue weighted by Crippen LogP contribution is 2.17. The summed E-state index contributed by atoms with van der Waals surface area (Å²) in [5.74, 6) is -0.999. The topological polar surface area (TPSA) is 78.9 Å². The lowest BCUT2D eigenvalue weighted by molar-refractivity contribution is -0.153. The third-order valence-corrected chi connectivity index (χ3v) is 11.9. The fourth-order valence-electron chi connectivity index (χ4n) is 7.85. The van der Waals surface area contributed by atoms with Crippen molar-refractivity contribution in [2.75, 3.05) is 19.8 Å². The van der Waals surface area contributed by atoms with Crippen LogP contribution in [0.3, 0.4) is 0 Å². The molecule has 0 atom stereocenters. The standard InChI is InChI=1S/C52H100O6/c1-4-7-10-13-16-19-22-25-28-31-34-37-40-43-50(53)56-46-49(47-57-51(54)44-41-38-35-32-29-26-23-20-17-14-11-8-5-2)48-58-52(55)45-42-39-36-33-30-27-24-21-18-15-12-9-6-3/h49H,4-48H2,1-3H3. The zero-order valence-corrected chi connectivity index (χ0v) is 39.3. The lowest BCUT2D eigenvalue weighted by atomic mass is 10.0. The molecule has 0 aliphatic heterocycles. The van der Waals surface area contributed by atoms with Crippen LogP contribution in [0.15, 0.2) is 0 Å². The summed E-state index contributed by atoms with van der Waals surface area (Å²) < 4.78 is 16.9. The molecular formula is C52H100O6. The number of hydrogen-bond acceptors (Lipinski definition) is 6. The minimum atomic E-state index is -0.346. The molecule has 0 amide bonds. The van der Waals surface area contributed by atoms with Gasteiger partial charge in [-0.1, -0.05) is 252 Å². The van der Waals surface area contributed by atoms with Crippen LogP contribution in [0.1, 0.15) is 290 Å². The summed E-state index contributed by atoms with van der Waals surface area (Å²) in [7, 11) is 0. The van der Waals surface area contributed by atoms with Crippen molar-refractivity contribution in [3.8, 4) is 0 Å². The van der Waals surface area contributed by atoms with Gasteiger partial charge in [0.25, 0.3) is 0 Å². The second kappa shape index (κ2) is 48.1. The third kappa shape index (κ3) is 45.5. The molecule has 0 heterocycles. The van der Waals surface area contributed by atoms with Crippen molar-refractivity contribution in [1.82, 2.24) is 0 Å². The quantitative estimate of drug-likeness (QED) is 0.0346. The lowest BCUT2D eigenvalue weighted by Gasteiger charge is -2.17. The van der Waals surface area contributed by atoms with E-state index in [-0.39, 0.29) is 43.6 Å². The number of ether oxygens (including phenoxy) is 3. The zero-order valence-electron chi connectivity index (χ0n) is 39.3. The number of carbonyl (C=O) groups excluding carboxylic acids is 3. The van der Waals surface area contributed by atoms with E-state index in [1.807, 2.05) is 0 Å². The van der Waals surface area contributed by atoms with E-state index in [2.05, 4.69) is 20.8 Å². The minimum Gasteiger partial charge on any atom is -0.465 e. The van der Waals surface area contributed by atoms with Crippen LogP contribution < -0.4 is 0 Å². The Labute approximate surface area is 361 Å². The van der Waals surface area contributed by atoms with Crippen LogP contribution in [0.2, 0.25) is 0 Å². The smallest absolute Gasteiger partial charge is 0.305 e. The van der Waals surface area contributed by atoms with E-state index >= 15 is 0 Å². The zero-order chi connectivity index (χ0) is 42.3. The predicted molar refractivity (Wildman–Crippen MR) is 247 cm³/mol. The molecule has 0 bridgehead atoms. The Morgan fingerprint density at radius 2 is 0.414 bits per heavy atom. The second-order valence-corrected chi connectivity index (χ2v) is 17.9. The fourth-order valence-corrected chi connectivity index (χ4v) is 7.85. The molecular weight excluding hydrogens is 721 g/mol. The minimum absolute atomic E-state index is 0.106. The van der Waals surface area contributed by atoms with Crippen LogP contribution in [-0.2, 0) is 28.6 Å². The first-order valence-corrected chi connectivity index (χ1v) is 26.0. The summed E-state index contributed by atoms with van der Waals surface area (Å²) in [4.78, 5) is 37.8. The molecule has 6 heteroatoms. The molecule has 0 aliphatic carbocycles. The fraction of sp³-hybridized carbons (Fsp3) is 0.942. The molecule has 58 heavy (non-hydrogen) atoms. The molecule has 0 aromatic heterocycles. The third-order valence-electron chi connectivity index (χ3n) is 11.9. The summed E-state index contributed by atoms with van der Waals surface area (Å²) in [6.45, 7) is 7.12. The number of unbranched alkanes of at least 4 members (excludes halogenated alkanes) is 36. The van der Waals surface area contributed by atoms with Gasteiger partial charge in [-0.3, -0.25) is 14.4 Å². The van der Waals surface area contributed by atoms with Gasteiger partial charge in [-0.05, 0) is 19.3 Å². The van der Waals surface area contributed by atoms with E-state index in [1.165, 1.54) is 193 Å². The first-order chi connectivity index (χ1) is 28.5. The highest BCUT2D eigenvalue weighted by Gasteiger charge is 2.18. The number of carbonyl (C=O) groups is 3. The predicted octanol–water partition coefficient (Wildman–Crippen LogP) is 16.7. The molecule has 0 rings (SSSR count). The maximum absolute atomic E-state index is 12.6. The Hall–Kier alpha value is -1.59. The molecule has 0 fully saturated rings. The van der Waals surface area contributed by atoms with E-state index < -0.39 is 0 Å². The van der Waals surface area contributed by atoms with Crippen molar-refractivity contribution in [1.29, 1.82) is 0 Å². The molecule has 0 spiro atoms. The number of esters is 3. The molecule has 0 aromatic rings. The van der Waals surface area contributed by atoms with Crippen LogP contribution in [0.25, 0.3) is 0 Å². The highest BCUT2D eigenvalue weighted by molar-refractivity contribution is 5.70. The van der Waals surface area contributed by atoms with Crippen molar-refractivity contribution in [2.45, 2.75) is 290 Å². The summed E-state index contributed by atoms with van der Waals surface area (Å²) in [5.41, 5.74) is 0. The molecule has 0 saturated heterocycles. The first-order valence-electron chi connectivity index (χ1n) is 26.0. The van der Waals surface area contributed by atoms with Gasteiger partial charge < -0.3 is 14.2 Å². The highest BCUT2D eigenvalue weighted by atomic mass is 16.6. The molecule has 0 saturated carbocycles. The summed E-state index contributed by atoms with van der Waals surface area (Å²) in [6, 6.07) is 0. The summed E-state index contributed by atoms with van der Waals surface area (Å²) in [5, 5.41) is 0. The van der Waals surface area contributed by atoms with Crippen LogP contribution in [0.4, 0.5) is 0 Å². The van der Waals surface area contributed by atoms with Crippen molar-refractivity contribution >= 4 is 17.9 Å². The van der Waals surface area contributed by atoms with Crippen LogP contribution >= 0.6 is 0 Å². The van der Waals surface area contributed by atoms with Crippen LogP contribution in [0.5, 0.6) is 0 Å².